The van der Waals surface area contributed by atoms with Crippen molar-refractivity contribution in [1.29, 1.82) is 0 Å². The van der Waals surface area contributed by atoms with E-state index in [2.05, 4.69) is 13.8 Å². The quantitative estimate of drug-likeness (QED) is 0.754. The maximum absolute atomic E-state index is 12.0. The number of rotatable bonds is 4. The van der Waals surface area contributed by atoms with Gasteiger partial charge in [0.25, 0.3) is 0 Å². The van der Waals surface area contributed by atoms with Gasteiger partial charge < -0.3 is 10.2 Å². The molecule has 5 heteroatoms. The van der Waals surface area contributed by atoms with Crippen LogP contribution in [0.15, 0.2) is 11.6 Å². The molecule has 150 valence electrons. The summed E-state index contributed by atoms with van der Waals surface area (Å²) in [4.78, 5) is 22.9. The molecular weight excluding hydrogens is 360 g/mol. The van der Waals surface area contributed by atoms with Gasteiger partial charge in [0, 0.05) is 17.4 Å². The lowest BCUT2D eigenvalue weighted by atomic mass is 9.47. The zero-order chi connectivity index (χ0) is 19.4. The number of aliphatic hydroxyl groups excluding tert-OH is 1. The van der Waals surface area contributed by atoms with Gasteiger partial charge in [-0.05, 0) is 73.2 Å². The Labute approximate surface area is 166 Å². The van der Waals surface area contributed by atoms with Crippen LogP contribution < -0.4 is 0 Å². The third-order valence-electron chi connectivity index (χ3n) is 8.52. The first kappa shape index (κ1) is 19.5. The van der Waals surface area contributed by atoms with E-state index in [0.29, 0.717) is 41.0 Å². The van der Waals surface area contributed by atoms with Crippen LogP contribution >= 0.6 is 11.8 Å². The fourth-order valence-corrected chi connectivity index (χ4v) is 8.66. The molecule has 0 bridgehead atoms. The number of fused-ring (bicyclic) bond motifs is 5. The lowest BCUT2D eigenvalue weighted by Crippen LogP contribution is -2.52. The van der Waals surface area contributed by atoms with Gasteiger partial charge in [0.2, 0.25) is 0 Å². The van der Waals surface area contributed by atoms with Crippen molar-refractivity contribution in [3.05, 3.63) is 11.6 Å². The van der Waals surface area contributed by atoms with Crippen LogP contribution in [0.1, 0.15) is 65.2 Å². The molecule has 3 fully saturated rings. The van der Waals surface area contributed by atoms with E-state index in [-0.39, 0.29) is 23.4 Å². The van der Waals surface area contributed by atoms with Gasteiger partial charge in [0.1, 0.15) is 0 Å². The monoisotopic (exact) mass is 392 g/mol. The standard InChI is InChI=1S/C22H32O4S/c1-21-8-5-14(23)11-13(21)3-4-15-16(21)6-9-22(2)18(24)12-17(20(15)22)27-10-7-19(25)26/h11,15-18,20,24H,3-10,12H2,1-2H3,(H,25,26)/t15-,16+,17+,18+,20-,21+,22-/m1/s1. The zero-order valence-electron chi connectivity index (χ0n) is 16.4. The molecule has 27 heavy (non-hydrogen) atoms. The Morgan fingerprint density at radius 3 is 2.78 bits per heavy atom. The van der Waals surface area contributed by atoms with Crippen molar-refractivity contribution in [1.82, 2.24) is 0 Å². The van der Waals surface area contributed by atoms with Crippen molar-refractivity contribution < 1.29 is 19.8 Å². The van der Waals surface area contributed by atoms with Crippen molar-refractivity contribution in [3.8, 4) is 0 Å². The summed E-state index contributed by atoms with van der Waals surface area (Å²) in [6, 6.07) is 0. The second kappa shape index (κ2) is 6.91. The minimum Gasteiger partial charge on any atom is -0.481 e. The number of allylic oxidation sites excluding steroid dienone is 1. The normalized spacial score (nSPS) is 46.3. The maximum atomic E-state index is 12.0. The lowest BCUT2D eigenvalue weighted by molar-refractivity contribution is -0.136. The van der Waals surface area contributed by atoms with Gasteiger partial charge in [-0.1, -0.05) is 19.4 Å². The van der Waals surface area contributed by atoms with E-state index in [1.165, 1.54) is 5.57 Å². The summed E-state index contributed by atoms with van der Waals surface area (Å²) in [5.74, 6) is 1.82. The van der Waals surface area contributed by atoms with Crippen LogP contribution in [0.3, 0.4) is 0 Å². The lowest BCUT2D eigenvalue weighted by Gasteiger charge is -2.58. The Morgan fingerprint density at radius 1 is 1.26 bits per heavy atom. The van der Waals surface area contributed by atoms with Crippen LogP contribution in [-0.2, 0) is 9.59 Å². The number of carbonyl (C=O) groups excluding carboxylic acids is 1. The molecule has 0 heterocycles. The number of carbonyl (C=O) groups is 2. The highest BCUT2D eigenvalue weighted by Gasteiger charge is 2.61. The minimum atomic E-state index is -0.739. The van der Waals surface area contributed by atoms with Crippen molar-refractivity contribution in [3.63, 3.8) is 0 Å². The number of aliphatic hydroxyl groups is 1. The summed E-state index contributed by atoms with van der Waals surface area (Å²) in [6.45, 7) is 4.65. The summed E-state index contributed by atoms with van der Waals surface area (Å²) in [5, 5.41) is 20.3. The van der Waals surface area contributed by atoms with E-state index >= 15 is 0 Å². The molecule has 4 aliphatic rings. The van der Waals surface area contributed by atoms with E-state index < -0.39 is 5.97 Å². The smallest absolute Gasteiger partial charge is 0.304 e. The first-order chi connectivity index (χ1) is 12.8. The van der Waals surface area contributed by atoms with Crippen molar-refractivity contribution in [2.75, 3.05) is 5.75 Å². The summed E-state index contributed by atoms with van der Waals surface area (Å²) in [7, 11) is 0. The number of carboxylic acid groups (broad SMARTS) is 1. The predicted octanol–water partition coefficient (Wildman–Crippen LogP) is 4.07. The number of ketones is 1. The third kappa shape index (κ3) is 3.09. The molecule has 4 aliphatic carbocycles. The Kier molecular flexibility index (Phi) is 4.99. The summed E-state index contributed by atoms with van der Waals surface area (Å²) in [5.41, 5.74) is 1.48. The largest absolute Gasteiger partial charge is 0.481 e. The van der Waals surface area contributed by atoms with Crippen LogP contribution in [0, 0.1) is 28.6 Å². The average Bonchev–Trinajstić information content (AvgIpc) is 2.86. The molecule has 3 saturated carbocycles. The molecule has 2 N–H and O–H groups in total. The zero-order valence-corrected chi connectivity index (χ0v) is 17.3. The minimum absolute atomic E-state index is 0.0376. The van der Waals surface area contributed by atoms with Crippen LogP contribution in [0.4, 0.5) is 0 Å². The molecule has 0 aromatic heterocycles. The van der Waals surface area contributed by atoms with E-state index in [1.807, 2.05) is 6.08 Å². The Bertz CT molecular complexity index is 673. The van der Waals surface area contributed by atoms with Crippen molar-refractivity contribution in [2.24, 2.45) is 28.6 Å². The highest BCUT2D eigenvalue weighted by Crippen LogP contribution is 2.66. The van der Waals surface area contributed by atoms with Crippen LogP contribution in [0.2, 0.25) is 0 Å². The molecule has 0 spiro atoms. The number of hydrogen-bond acceptors (Lipinski definition) is 4. The van der Waals surface area contributed by atoms with Gasteiger partial charge in [-0.15, -0.1) is 0 Å². The Morgan fingerprint density at radius 2 is 2.04 bits per heavy atom. The maximum Gasteiger partial charge on any atom is 0.304 e. The molecule has 0 aromatic carbocycles. The SMILES string of the molecule is C[C@]12CC[C@H]3[C@@H](CCC4=CC(=O)CC[C@@]43C)[C@@H]1[C@@H](SCCC(=O)O)C[C@@H]2O. The summed E-state index contributed by atoms with van der Waals surface area (Å²) < 4.78 is 0. The molecule has 4 rings (SSSR count). The molecule has 0 aromatic rings. The molecule has 0 amide bonds. The van der Waals surface area contributed by atoms with Crippen molar-refractivity contribution >= 4 is 23.5 Å². The molecule has 0 radical (unpaired) electrons. The second-order valence-corrected chi connectivity index (χ2v) is 11.1. The molecular formula is C22H32O4S. The molecule has 7 atom stereocenters. The molecule has 0 unspecified atom stereocenters. The average molecular weight is 393 g/mol. The predicted molar refractivity (Wildman–Crippen MR) is 107 cm³/mol. The van der Waals surface area contributed by atoms with Crippen LogP contribution in [0.5, 0.6) is 0 Å². The number of thioether (sulfide) groups is 1. The number of carboxylic acids is 1. The fourth-order valence-electron chi connectivity index (χ4n) is 7.03. The fraction of sp³-hybridized carbons (Fsp3) is 0.818. The summed E-state index contributed by atoms with van der Waals surface area (Å²) in [6.07, 6.45) is 8.62. The van der Waals surface area contributed by atoms with Crippen LogP contribution in [0.25, 0.3) is 0 Å². The van der Waals surface area contributed by atoms with Gasteiger partial charge in [-0.3, -0.25) is 9.59 Å². The van der Waals surface area contributed by atoms with E-state index in [4.69, 9.17) is 5.11 Å². The van der Waals surface area contributed by atoms with Crippen LogP contribution in [-0.4, -0.2) is 39.1 Å². The first-order valence-electron chi connectivity index (χ1n) is 10.5. The molecule has 4 nitrogen and oxygen atoms in total. The molecule has 0 aliphatic heterocycles. The Balaban J connectivity index is 1.60. The highest BCUT2D eigenvalue weighted by atomic mass is 32.2. The first-order valence-corrected chi connectivity index (χ1v) is 11.6. The number of hydrogen-bond donors (Lipinski definition) is 2. The van der Waals surface area contributed by atoms with E-state index in [0.717, 1.165) is 38.5 Å². The second-order valence-electron chi connectivity index (χ2n) is 9.74. The van der Waals surface area contributed by atoms with Gasteiger partial charge in [-0.25, -0.2) is 0 Å². The van der Waals surface area contributed by atoms with Gasteiger partial charge in [0.05, 0.1) is 12.5 Å². The number of aliphatic carboxylic acids is 1. The van der Waals surface area contributed by atoms with Gasteiger partial charge >= 0.3 is 5.97 Å². The van der Waals surface area contributed by atoms with Gasteiger partial charge in [-0.2, -0.15) is 11.8 Å². The summed E-state index contributed by atoms with van der Waals surface area (Å²) >= 11 is 1.78. The topological polar surface area (TPSA) is 74.6 Å². The van der Waals surface area contributed by atoms with E-state index in [9.17, 15) is 14.7 Å². The van der Waals surface area contributed by atoms with Gasteiger partial charge in [0.15, 0.2) is 5.78 Å². The highest BCUT2D eigenvalue weighted by molar-refractivity contribution is 7.99. The molecule has 0 saturated heterocycles. The third-order valence-corrected chi connectivity index (χ3v) is 9.88. The Hall–Kier alpha value is -0.810. The van der Waals surface area contributed by atoms with Crippen molar-refractivity contribution in [2.45, 2.75) is 76.6 Å². The van der Waals surface area contributed by atoms with E-state index in [1.54, 1.807) is 11.8 Å².